The fourth-order valence-electron chi connectivity index (χ4n) is 12.0. The molecule has 0 aromatic heterocycles. The smallest absolute Gasteiger partial charge is 0.325 e. The minimum atomic E-state index is -1.96. The summed E-state index contributed by atoms with van der Waals surface area (Å²) in [5.74, 6) is -21.4. The molecule has 0 spiro atoms. The second-order valence-electron chi connectivity index (χ2n) is 30.9. The van der Waals surface area contributed by atoms with E-state index in [0.29, 0.717) is 0 Å². The summed E-state index contributed by atoms with van der Waals surface area (Å²) in [4.78, 5) is 303. The number of ether oxygens (including phenoxy) is 4. The van der Waals surface area contributed by atoms with Gasteiger partial charge in [-0.1, -0.05) is 0 Å². The lowest BCUT2D eigenvalue weighted by Gasteiger charge is -2.48. The van der Waals surface area contributed by atoms with Crippen LogP contribution in [0.5, 0.6) is 0 Å². The standard InChI is InChI=1S/C76H127N25O34/c1-33(78)67(122)100-41(65(79)120)15-17-47(106)98-43(13-9-11-19-81-50(109)22-84-53(112)25-87-55(114)27-86-52(111)24-83-49(108)21-77)72(127)93-34(2)68(123)91-30-58(117)90-29-57(116)89-28-56(115)88-26-54(113)85-23-51(110)82-20-12-10-14-44(73(128)94-35(3)69(124)95-37(5)74(129)130)99-48(107)18-16-42(66(80)121)101-70(125)36(4)92-71(126)38(6)132-64-60(97-40(8)105)75(131)133-46(32-103)63(64)135-76-59(96-39(7)104)62(119)61(118)45(31-102)134-76/h33-38,41-46,59-64,75-76,102-103,118-119,131H,9-32,77-78H2,1-8H3,(H2,79,120)(H2,80,121)(H,81,109)(H,82,110)(H,83,108)(H,84,112)(H,85,113)(H,86,111)(H,87,114)(H,88,115)(H,89,116)(H,90,117)(H,91,123)(H,92,126)(H,93,127)(H,94,128)(H,95,124)(H,96,104)(H,97,105)(H,98,106)(H,99,107)(H,100,122)(H,101,125)(H,129,130). The van der Waals surface area contributed by atoms with Gasteiger partial charge in [-0.05, 0) is 92.9 Å². The van der Waals surface area contributed by atoms with E-state index in [0.717, 1.165) is 34.6 Å². The Morgan fingerprint density at radius 1 is 0.356 bits per heavy atom. The number of nitrogens with two attached hydrogens (primary N) is 4. The molecule has 2 heterocycles. The number of carbonyl (C=O) groups excluding carboxylic acids is 23. The SMILES string of the molecule is CC(=O)NC1C(OC2C(CO)OC(O)C(NC(C)=O)C2OC(C)C(=O)NC(C)C(=O)NC(CCC(=O)NC(CCCCNC(=O)CNC(=O)CNC(=O)CNC(=O)CNC(=O)CNC(=O)C(C)NC(=O)C(CCCCNC(=O)CNC(=O)CNC(=O)CNC(=O)CNC(=O)CN)NC(=O)CCC(NC(=O)C(C)N)C(N)=O)C(=O)NC(C)C(=O)NC(C)C(=O)O)C(N)=O)OC(CO)C(O)C1O. The summed E-state index contributed by atoms with van der Waals surface area (Å²) >= 11 is 0. The first-order valence-electron chi connectivity index (χ1n) is 42.5. The summed E-state index contributed by atoms with van der Waals surface area (Å²) in [5.41, 5.74) is 21.7. The van der Waals surface area contributed by atoms with Gasteiger partial charge in [-0.2, -0.15) is 0 Å². The van der Waals surface area contributed by atoms with Crippen LogP contribution in [-0.4, -0.2) is 386 Å². The molecule has 0 bridgehead atoms. The van der Waals surface area contributed by atoms with Crippen LogP contribution in [0.4, 0.5) is 0 Å². The molecule has 0 saturated carbocycles. The maximum Gasteiger partial charge on any atom is 0.325 e. The van der Waals surface area contributed by atoms with Crippen LogP contribution in [0.2, 0.25) is 0 Å². The fourth-order valence-corrected chi connectivity index (χ4v) is 12.0. The van der Waals surface area contributed by atoms with Gasteiger partial charge in [0.2, 0.25) is 136 Å². The summed E-state index contributed by atoms with van der Waals surface area (Å²) < 4.78 is 23.3. The number of aliphatic hydroxyl groups excluding tert-OH is 5. The van der Waals surface area contributed by atoms with Crippen molar-refractivity contribution in [3.8, 4) is 0 Å². The summed E-state index contributed by atoms with van der Waals surface area (Å²) in [6, 6.07) is -15.7. The molecule has 135 heavy (non-hydrogen) atoms. The number of rotatable bonds is 61. The van der Waals surface area contributed by atoms with Crippen molar-refractivity contribution >= 4 is 142 Å². The largest absolute Gasteiger partial charge is 0.480 e. The number of aliphatic carboxylic acids is 1. The van der Waals surface area contributed by atoms with Gasteiger partial charge in [0, 0.05) is 39.8 Å². The van der Waals surface area contributed by atoms with E-state index >= 15 is 0 Å². The minimum absolute atomic E-state index is 0.0180. The molecule has 23 amide bonds. The van der Waals surface area contributed by atoms with Gasteiger partial charge >= 0.3 is 5.97 Å². The van der Waals surface area contributed by atoms with E-state index in [4.69, 9.17) is 41.9 Å². The fraction of sp³-hybridized carbons (Fsp3) is 0.684. The second kappa shape index (κ2) is 61.6. The third-order valence-electron chi connectivity index (χ3n) is 19.5. The van der Waals surface area contributed by atoms with Gasteiger partial charge in [0.05, 0.1) is 84.7 Å². The highest BCUT2D eigenvalue weighted by Crippen LogP contribution is 2.31. The van der Waals surface area contributed by atoms with Gasteiger partial charge in [0.25, 0.3) is 0 Å². The summed E-state index contributed by atoms with van der Waals surface area (Å²) in [5, 5.41) is 111. The third kappa shape index (κ3) is 46.4. The Morgan fingerprint density at radius 3 is 1.07 bits per heavy atom. The van der Waals surface area contributed by atoms with E-state index in [-0.39, 0.29) is 64.6 Å². The first kappa shape index (κ1) is 118. The number of amides is 23. The highest BCUT2D eigenvalue weighted by atomic mass is 16.7. The Balaban J connectivity index is 1.95. The maximum atomic E-state index is 13.8. The second-order valence-corrected chi connectivity index (χ2v) is 30.9. The molecule has 59 nitrogen and oxygen atoms in total. The van der Waals surface area contributed by atoms with Crippen LogP contribution in [0, 0.1) is 0 Å². The van der Waals surface area contributed by atoms with Crippen LogP contribution in [0.1, 0.15) is 120 Å². The Kier molecular flexibility index (Phi) is 53.8. The molecule has 20 unspecified atom stereocenters. The lowest BCUT2D eigenvalue weighted by atomic mass is 9.94. The highest BCUT2D eigenvalue weighted by Gasteiger charge is 2.53. The molecule has 0 aromatic carbocycles. The lowest BCUT2D eigenvalue weighted by Crippen LogP contribution is -2.70. The molecule has 0 aliphatic carbocycles. The van der Waals surface area contributed by atoms with Gasteiger partial charge in [-0.15, -0.1) is 0 Å². The number of unbranched alkanes of at least 4 members (excludes halogenated alkanes) is 2. The molecule has 2 saturated heterocycles. The van der Waals surface area contributed by atoms with Gasteiger partial charge in [0.1, 0.15) is 103 Å². The summed E-state index contributed by atoms with van der Waals surface area (Å²) in [6.45, 7) is 1.41. The Bertz CT molecular complexity index is 4130. The number of carbonyl (C=O) groups is 24. The molecule has 2 aliphatic rings. The topological polar surface area (TPSA) is 925 Å². The van der Waals surface area contributed by atoms with Crippen molar-refractivity contribution in [3.05, 3.63) is 0 Å². The molecule has 2 aliphatic heterocycles. The zero-order valence-corrected chi connectivity index (χ0v) is 75.4. The zero-order chi connectivity index (χ0) is 102. The van der Waals surface area contributed by atoms with Crippen molar-refractivity contribution < 1.29 is 165 Å². The van der Waals surface area contributed by atoms with Crippen LogP contribution < -0.4 is 135 Å². The lowest BCUT2D eigenvalue weighted by molar-refractivity contribution is -0.333. The number of nitrogens with one attached hydrogen (secondary N) is 21. The Morgan fingerprint density at radius 2 is 0.704 bits per heavy atom. The minimum Gasteiger partial charge on any atom is -0.480 e. The van der Waals surface area contributed by atoms with Crippen molar-refractivity contribution in [2.45, 2.75) is 241 Å². The first-order valence-corrected chi connectivity index (χ1v) is 42.5. The van der Waals surface area contributed by atoms with Gasteiger partial charge in [-0.25, -0.2) is 0 Å². The average Bonchev–Trinajstić information content (AvgIpc) is 0.744. The van der Waals surface area contributed by atoms with Crippen LogP contribution in [-0.2, 0) is 134 Å². The monoisotopic (exact) mass is 1930 g/mol. The van der Waals surface area contributed by atoms with Crippen molar-refractivity contribution in [2.75, 3.05) is 91.8 Å². The molecular weight excluding hydrogens is 1810 g/mol. The predicted molar refractivity (Wildman–Crippen MR) is 456 cm³/mol. The van der Waals surface area contributed by atoms with Gasteiger partial charge < -0.3 is 184 Å². The number of carboxylic acids is 1. The highest BCUT2D eigenvalue weighted by molar-refractivity contribution is 5.98. The van der Waals surface area contributed by atoms with Crippen LogP contribution in [0.15, 0.2) is 0 Å². The Labute approximate surface area is 771 Å². The molecule has 2 fully saturated rings. The van der Waals surface area contributed by atoms with Gasteiger partial charge in [-0.3, -0.25) is 115 Å². The number of hydrogen-bond acceptors (Lipinski definition) is 35. The first-order chi connectivity index (χ1) is 63.4. The molecule has 20 atom stereocenters. The van der Waals surface area contributed by atoms with Crippen molar-refractivity contribution in [1.82, 2.24) is 112 Å². The zero-order valence-electron chi connectivity index (χ0n) is 75.4. The molecule has 2 rings (SSSR count). The van der Waals surface area contributed by atoms with Crippen molar-refractivity contribution in [1.29, 1.82) is 0 Å². The number of hydrogen-bond donors (Lipinski definition) is 31. The molecule has 760 valence electrons. The van der Waals surface area contributed by atoms with E-state index in [9.17, 15) is 146 Å². The van der Waals surface area contributed by atoms with E-state index in [1.54, 1.807) is 0 Å². The van der Waals surface area contributed by atoms with Gasteiger partial charge in [0.15, 0.2) is 12.6 Å². The molecule has 59 heteroatoms. The van der Waals surface area contributed by atoms with Crippen molar-refractivity contribution in [3.63, 3.8) is 0 Å². The summed E-state index contributed by atoms with van der Waals surface area (Å²) in [6.07, 6.45) is -17.3. The molecular formula is C76H127N25O34. The van der Waals surface area contributed by atoms with E-state index in [2.05, 4.69) is 112 Å². The maximum absolute atomic E-state index is 13.8. The number of primary amides is 2. The van der Waals surface area contributed by atoms with Crippen LogP contribution in [0.25, 0.3) is 0 Å². The van der Waals surface area contributed by atoms with E-state index in [1.807, 2.05) is 0 Å². The number of aliphatic hydroxyl groups is 5. The van der Waals surface area contributed by atoms with E-state index in [1.165, 1.54) is 20.8 Å². The van der Waals surface area contributed by atoms with Crippen LogP contribution in [0.3, 0.4) is 0 Å². The molecule has 0 radical (unpaired) electrons. The molecule has 0 aromatic rings. The van der Waals surface area contributed by atoms with E-state index < -0.39 is 355 Å². The normalized spacial score (nSPS) is 19.8. The average molecular weight is 1930 g/mol. The number of carboxylic acid groups (broad SMARTS) is 1. The summed E-state index contributed by atoms with van der Waals surface area (Å²) in [7, 11) is 0. The third-order valence-corrected chi connectivity index (χ3v) is 19.5. The predicted octanol–water partition coefficient (Wildman–Crippen LogP) is -19.2. The Hall–Kier alpha value is -13.2. The van der Waals surface area contributed by atoms with Crippen LogP contribution >= 0.6 is 0 Å². The molecule has 35 N–H and O–H groups in total. The quantitative estimate of drug-likeness (QED) is 0.0251. The van der Waals surface area contributed by atoms with Crippen molar-refractivity contribution in [2.24, 2.45) is 22.9 Å².